The first-order valence-electron chi connectivity index (χ1n) is 10.5. The van der Waals surface area contributed by atoms with Crippen LogP contribution in [0.25, 0.3) is 0 Å². The number of aromatic hydroxyl groups is 1. The maximum Gasteiger partial charge on any atom is 0.343 e. The maximum atomic E-state index is 12.2. The van der Waals surface area contributed by atoms with Crippen LogP contribution in [0.15, 0.2) is 66.7 Å². The van der Waals surface area contributed by atoms with Crippen LogP contribution in [0, 0.1) is 0 Å². The minimum Gasteiger partial charge on any atom is -0.507 e. The van der Waals surface area contributed by atoms with Gasteiger partial charge in [-0.1, -0.05) is 59.7 Å². The third-order valence-electron chi connectivity index (χ3n) is 5.09. The molecule has 0 aliphatic carbocycles. The molecule has 31 heavy (non-hydrogen) atoms. The molecule has 0 aliphatic heterocycles. The SMILES string of the molecule is CC(C)(C)c1cc(Nc2ccc(OC(=O)c3ccccc3)cc2)cc(C(C)(C)C)c1O. The Morgan fingerprint density at radius 3 is 1.77 bits per heavy atom. The molecule has 0 aliphatic rings. The second kappa shape index (κ2) is 8.46. The van der Waals surface area contributed by atoms with Crippen LogP contribution in [0.5, 0.6) is 11.5 Å². The smallest absolute Gasteiger partial charge is 0.343 e. The van der Waals surface area contributed by atoms with E-state index in [-0.39, 0.29) is 16.8 Å². The van der Waals surface area contributed by atoms with Crippen LogP contribution in [0.3, 0.4) is 0 Å². The van der Waals surface area contributed by atoms with Gasteiger partial charge in [0.15, 0.2) is 0 Å². The van der Waals surface area contributed by atoms with Gasteiger partial charge in [-0.15, -0.1) is 0 Å². The highest BCUT2D eigenvalue weighted by atomic mass is 16.5. The highest BCUT2D eigenvalue weighted by Crippen LogP contribution is 2.41. The Labute approximate surface area is 184 Å². The molecular formula is C27H31NO3. The van der Waals surface area contributed by atoms with Gasteiger partial charge in [-0.2, -0.15) is 0 Å². The number of anilines is 2. The normalized spacial score (nSPS) is 11.8. The second-order valence-electron chi connectivity index (χ2n) is 9.82. The van der Waals surface area contributed by atoms with Crippen molar-refractivity contribution in [1.29, 1.82) is 0 Å². The van der Waals surface area contributed by atoms with E-state index in [0.29, 0.717) is 17.1 Å². The van der Waals surface area contributed by atoms with Gasteiger partial charge in [-0.3, -0.25) is 0 Å². The first-order valence-corrected chi connectivity index (χ1v) is 10.5. The quantitative estimate of drug-likeness (QED) is 0.274. The van der Waals surface area contributed by atoms with E-state index in [4.69, 9.17) is 4.74 Å². The van der Waals surface area contributed by atoms with Crippen LogP contribution in [0.4, 0.5) is 11.4 Å². The summed E-state index contributed by atoms with van der Waals surface area (Å²) in [6, 6.07) is 20.2. The molecule has 0 unspecified atom stereocenters. The van der Waals surface area contributed by atoms with E-state index in [9.17, 15) is 9.90 Å². The molecular weight excluding hydrogens is 386 g/mol. The second-order valence-corrected chi connectivity index (χ2v) is 9.82. The van der Waals surface area contributed by atoms with Crippen LogP contribution in [-0.4, -0.2) is 11.1 Å². The van der Waals surface area contributed by atoms with E-state index in [1.54, 1.807) is 36.4 Å². The zero-order valence-corrected chi connectivity index (χ0v) is 19.1. The van der Waals surface area contributed by atoms with E-state index in [2.05, 4.69) is 46.9 Å². The summed E-state index contributed by atoms with van der Waals surface area (Å²) in [5.41, 5.74) is 3.69. The Balaban J connectivity index is 1.83. The zero-order valence-electron chi connectivity index (χ0n) is 19.1. The number of phenols is 1. The lowest BCUT2D eigenvalue weighted by Gasteiger charge is -2.28. The predicted octanol–water partition coefficient (Wildman–Crippen LogP) is 6.95. The molecule has 3 rings (SSSR count). The molecule has 0 heterocycles. The van der Waals surface area contributed by atoms with Crippen LogP contribution in [0.1, 0.15) is 63.0 Å². The van der Waals surface area contributed by atoms with Crippen molar-refractivity contribution in [3.05, 3.63) is 83.4 Å². The van der Waals surface area contributed by atoms with Crippen LogP contribution < -0.4 is 10.1 Å². The third-order valence-corrected chi connectivity index (χ3v) is 5.09. The van der Waals surface area contributed by atoms with Crippen molar-refractivity contribution < 1.29 is 14.6 Å². The number of carbonyl (C=O) groups is 1. The molecule has 0 bridgehead atoms. The van der Waals surface area contributed by atoms with Crippen molar-refractivity contribution in [2.45, 2.75) is 52.4 Å². The van der Waals surface area contributed by atoms with Crippen LogP contribution in [0.2, 0.25) is 0 Å². The summed E-state index contributed by atoms with van der Waals surface area (Å²) in [7, 11) is 0. The van der Waals surface area contributed by atoms with Gasteiger partial charge in [-0.05, 0) is 59.4 Å². The summed E-state index contributed by atoms with van der Waals surface area (Å²) in [6.07, 6.45) is 0. The Bertz CT molecular complexity index is 1020. The van der Waals surface area contributed by atoms with Crippen molar-refractivity contribution in [2.75, 3.05) is 5.32 Å². The molecule has 3 aromatic rings. The lowest BCUT2D eigenvalue weighted by atomic mass is 9.79. The standard InChI is InChI=1S/C27H31NO3/c1-26(2,3)22-16-20(17-23(24(22)29)27(4,5)6)28-19-12-14-21(15-13-19)31-25(30)18-10-8-7-9-11-18/h7-17,28-29H,1-6H3. The van der Waals surface area contributed by atoms with E-state index < -0.39 is 0 Å². The van der Waals surface area contributed by atoms with E-state index in [1.807, 2.05) is 30.3 Å². The van der Waals surface area contributed by atoms with Gasteiger partial charge >= 0.3 is 5.97 Å². The molecule has 0 amide bonds. The molecule has 4 heteroatoms. The fourth-order valence-electron chi connectivity index (χ4n) is 3.36. The molecule has 0 aromatic heterocycles. The molecule has 4 nitrogen and oxygen atoms in total. The summed E-state index contributed by atoms with van der Waals surface area (Å²) in [5, 5.41) is 14.3. The van der Waals surface area contributed by atoms with Gasteiger partial charge in [0.25, 0.3) is 0 Å². The van der Waals surface area contributed by atoms with Crippen molar-refractivity contribution in [1.82, 2.24) is 0 Å². The van der Waals surface area contributed by atoms with Gasteiger partial charge in [-0.25, -0.2) is 4.79 Å². The minimum atomic E-state index is -0.385. The van der Waals surface area contributed by atoms with Crippen molar-refractivity contribution in [3.8, 4) is 11.5 Å². The third kappa shape index (κ3) is 5.46. The van der Waals surface area contributed by atoms with E-state index in [1.165, 1.54) is 0 Å². The number of carbonyl (C=O) groups excluding carboxylic acids is 1. The summed E-state index contributed by atoms with van der Waals surface area (Å²) >= 11 is 0. The summed E-state index contributed by atoms with van der Waals surface area (Å²) in [5.74, 6) is 0.453. The Hall–Kier alpha value is -3.27. The predicted molar refractivity (Wildman–Crippen MR) is 127 cm³/mol. The Kier molecular flexibility index (Phi) is 6.12. The van der Waals surface area contributed by atoms with Gasteiger partial charge in [0.1, 0.15) is 11.5 Å². The summed E-state index contributed by atoms with van der Waals surface area (Å²) in [4.78, 5) is 12.2. The summed E-state index contributed by atoms with van der Waals surface area (Å²) in [6.45, 7) is 12.5. The van der Waals surface area contributed by atoms with Gasteiger partial charge in [0.05, 0.1) is 5.56 Å². The first kappa shape index (κ1) is 22.4. The fourth-order valence-corrected chi connectivity index (χ4v) is 3.36. The summed E-state index contributed by atoms with van der Waals surface area (Å²) < 4.78 is 5.45. The van der Waals surface area contributed by atoms with Crippen LogP contribution in [-0.2, 0) is 10.8 Å². The van der Waals surface area contributed by atoms with E-state index in [0.717, 1.165) is 22.5 Å². The van der Waals surface area contributed by atoms with Crippen molar-refractivity contribution >= 4 is 17.3 Å². The number of nitrogens with one attached hydrogen (secondary N) is 1. The minimum absolute atomic E-state index is 0.197. The highest BCUT2D eigenvalue weighted by Gasteiger charge is 2.26. The first-order chi connectivity index (χ1) is 14.4. The lowest BCUT2D eigenvalue weighted by Crippen LogP contribution is -2.17. The number of esters is 1. The molecule has 0 fully saturated rings. The lowest BCUT2D eigenvalue weighted by molar-refractivity contribution is 0.0735. The highest BCUT2D eigenvalue weighted by molar-refractivity contribution is 5.91. The van der Waals surface area contributed by atoms with Gasteiger partial charge < -0.3 is 15.2 Å². The average Bonchev–Trinajstić information content (AvgIpc) is 2.69. The monoisotopic (exact) mass is 417 g/mol. The molecule has 0 spiro atoms. The number of benzene rings is 3. The number of hydrogen-bond donors (Lipinski definition) is 2. The van der Waals surface area contributed by atoms with Crippen molar-refractivity contribution in [2.24, 2.45) is 0 Å². The number of rotatable bonds is 4. The Morgan fingerprint density at radius 1 is 0.774 bits per heavy atom. The molecule has 0 atom stereocenters. The zero-order chi connectivity index (χ0) is 22.8. The van der Waals surface area contributed by atoms with Crippen LogP contribution >= 0.6 is 0 Å². The molecule has 0 saturated heterocycles. The molecule has 0 saturated carbocycles. The van der Waals surface area contributed by atoms with Gasteiger partial charge in [0.2, 0.25) is 0 Å². The average molecular weight is 418 g/mol. The van der Waals surface area contributed by atoms with Crippen molar-refractivity contribution in [3.63, 3.8) is 0 Å². The topological polar surface area (TPSA) is 58.6 Å². The van der Waals surface area contributed by atoms with E-state index >= 15 is 0 Å². The van der Waals surface area contributed by atoms with Gasteiger partial charge in [0, 0.05) is 22.5 Å². The number of hydrogen-bond acceptors (Lipinski definition) is 4. The number of phenolic OH excluding ortho intramolecular Hbond substituents is 1. The largest absolute Gasteiger partial charge is 0.507 e. The molecule has 3 aromatic carbocycles. The molecule has 2 N–H and O–H groups in total. The maximum absolute atomic E-state index is 12.2. The number of ether oxygens (including phenoxy) is 1. The Morgan fingerprint density at radius 2 is 1.29 bits per heavy atom. The molecule has 0 radical (unpaired) electrons. The molecule has 162 valence electrons. The fraction of sp³-hybridized carbons (Fsp3) is 0.296.